The molecule has 2 heteroatoms. The van der Waals surface area contributed by atoms with E-state index in [-0.39, 0.29) is 0 Å². The molecular formula is C60H40N2. The third-order valence-corrected chi connectivity index (χ3v) is 12.5. The van der Waals surface area contributed by atoms with Crippen molar-refractivity contribution in [3.05, 3.63) is 243 Å². The molecule has 0 unspecified atom stereocenters. The zero-order valence-corrected chi connectivity index (χ0v) is 34.0. The van der Waals surface area contributed by atoms with Gasteiger partial charge in [-0.15, -0.1) is 0 Å². The van der Waals surface area contributed by atoms with E-state index in [0.29, 0.717) is 0 Å². The minimum atomic E-state index is 1.17. The summed E-state index contributed by atoms with van der Waals surface area (Å²) in [6.45, 7) is 0. The van der Waals surface area contributed by atoms with Crippen molar-refractivity contribution in [2.45, 2.75) is 0 Å². The second kappa shape index (κ2) is 14.8. The van der Waals surface area contributed by atoms with Crippen LogP contribution >= 0.6 is 0 Å². The van der Waals surface area contributed by atoms with Crippen LogP contribution in [0.3, 0.4) is 0 Å². The Kier molecular flexibility index (Phi) is 8.53. The molecule has 0 fully saturated rings. The molecule has 0 aliphatic rings. The highest BCUT2D eigenvalue weighted by Gasteiger charge is 2.15. The van der Waals surface area contributed by atoms with Gasteiger partial charge in [0.1, 0.15) is 0 Å². The molecule has 0 amide bonds. The van der Waals surface area contributed by atoms with Crippen molar-refractivity contribution in [3.8, 4) is 67.0 Å². The third kappa shape index (κ3) is 6.12. The van der Waals surface area contributed by atoms with E-state index in [1.165, 1.54) is 111 Å². The van der Waals surface area contributed by atoms with Crippen LogP contribution in [0.15, 0.2) is 243 Å². The lowest BCUT2D eigenvalue weighted by Crippen LogP contribution is -1.93. The number of rotatable bonds is 7. The van der Waals surface area contributed by atoms with Crippen LogP contribution in [0, 0.1) is 0 Å². The molecule has 0 aliphatic heterocycles. The molecule has 62 heavy (non-hydrogen) atoms. The van der Waals surface area contributed by atoms with Gasteiger partial charge in [-0.05, 0) is 116 Å². The van der Waals surface area contributed by atoms with Crippen LogP contribution in [-0.2, 0) is 0 Å². The van der Waals surface area contributed by atoms with E-state index < -0.39 is 0 Å². The second-order valence-electron chi connectivity index (χ2n) is 16.2. The molecule has 0 atom stereocenters. The van der Waals surface area contributed by atoms with Gasteiger partial charge in [-0.1, -0.05) is 182 Å². The maximum absolute atomic E-state index is 2.38. The Bertz CT molecular complexity index is 3350. The average Bonchev–Trinajstić information content (AvgIpc) is 3.87. The van der Waals surface area contributed by atoms with Gasteiger partial charge in [-0.25, -0.2) is 0 Å². The predicted molar refractivity (Wildman–Crippen MR) is 262 cm³/mol. The molecule has 0 bridgehead atoms. The quantitative estimate of drug-likeness (QED) is 0.152. The normalized spacial score (nSPS) is 11.5. The first-order valence-corrected chi connectivity index (χ1v) is 21.3. The number of hydrogen-bond acceptors (Lipinski definition) is 0. The molecule has 12 rings (SSSR count). The first-order chi connectivity index (χ1) is 30.7. The molecule has 2 heterocycles. The lowest BCUT2D eigenvalue weighted by atomic mass is 9.94. The van der Waals surface area contributed by atoms with Gasteiger partial charge in [0, 0.05) is 32.9 Å². The van der Waals surface area contributed by atoms with Crippen molar-refractivity contribution in [2.75, 3.05) is 0 Å². The summed E-state index contributed by atoms with van der Waals surface area (Å²) in [4.78, 5) is 0. The molecule has 2 nitrogen and oxygen atoms in total. The highest BCUT2D eigenvalue weighted by molar-refractivity contribution is 6.11. The maximum atomic E-state index is 2.38. The zero-order chi connectivity index (χ0) is 41.0. The van der Waals surface area contributed by atoms with Crippen molar-refractivity contribution in [2.24, 2.45) is 0 Å². The summed E-state index contributed by atoms with van der Waals surface area (Å²) < 4.78 is 4.76. The molecule has 0 N–H and O–H groups in total. The van der Waals surface area contributed by atoms with Gasteiger partial charge in [0.2, 0.25) is 0 Å². The summed E-state index contributed by atoms with van der Waals surface area (Å²) in [7, 11) is 0. The predicted octanol–water partition coefficient (Wildman–Crippen LogP) is 16.2. The lowest BCUT2D eigenvalue weighted by molar-refractivity contribution is 1.18. The molecule has 0 saturated heterocycles. The summed E-state index contributed by atoms with van der Waals surface area (Å²) in [5, 5.41) is 5.07. The highest BCUT2D eigenvalue weighted by atomic mass is 15.0. The summed E-state index contributed by atoms with van der Waals surface area (Å²) in [5.41, 5.74) is 19.2. The molecule has 290 valence electrons. The minimum absolute atomic E-state index is 1.17. The second-order valence-corrected chi connectivity index (χ2v) is 16.2. The standard InChI is InChI=1S/C60H40N2/c1-3-17-51(18-4-1)61-57-23-9-7-21-53(57)55-35-33-49(39-59(55)61)43-29-25-41(26-30-43)45-13-11-15-47(37-45)48-16-12-14-46(38-48)42-27-31-44(32-28-42)50-34-36-56-54-22-8-10-24-58(54)62(60(56)40-50)52-19-5-2-6-20-52/h1-40H. The monoisotopic (exact) mass is 788 g/mol. The lowest BCUT2D eigenvalue weighted by Gasteiger charge is -2.11. The first-order valence-electron chi connectivity index (χ1n) is 21.3. The van der Waals surface area contributed by atoms with Crippen molar-refractivity contribution in [1.29, 1.82) is 0 Å². The number of benzene rings is 10. The summed E-state index contributed by atoms with van der Waals surface area (Å²) in [6, 6.07) is 88.3. The SMILES string of the molecule is c1ccc(-n2c3ccccc3c3ccc(-c4ccc(-c5cccc(-c6cccc(-c7ccc(-c8ccc9c%10ccccc%10n(-c%10ccccc%10)c9c8)cc7)c6)c5)cc4)cc32)cc1. The molecule has 0 saturated carbocycles. The largest absolute Gasteiger partial charge is 0.309 e. The molecule has 0 spiro atoms. The van der Waals surface area contributed by atoms with Crippen LogP contribution in [0.5, 0.6) is 0 Å². The van der Waals surface area contributed by atoms with Crippen LogP contribution < -0.4 is 0 Å². The highest BCUT2D eigenvalue weighted by Crippen LogP contribution is 2.38. The Hall–Kier alpha value is -8.20. The molecule has 0 radical (unpaired) electrons. The number of hydrogen-bond donors (Lipinski definition) is 0. The number of fused-ring (bicyclic) bond motifs is 6. The average molecular weight is 789 g/mol. The first kappa shape index (κ1) is 35.7. The molecule has 0 aliphatic carbocycles. The fourth-order valence-corrected chi connectivity index (χ4v) is 9.48. The fourth-order valence-electron chi connectivity index (χ4n) is 9.48. The van der Waals surface area contributed by atoms with Gasteiger partial charge in [0.15, 0.2) is 0 Å². The van der Waals surface area contributed by atoms with Gasteiger partial charge in [0.05, 0.1) is 22.1 Å². The zero-order valence-electron chi connectivity index (χ0n) is 34.0. The topological polar surface area (TPSA) is 9.86 Å². The van der Waals surface area contributed by atoms with Crippen molar-refractivity contribution >= 4 is 43.6 Å². The van der Waals surface area contributed by atoms with E-state index in [4.69, 9.17) is 0 Å². The van der Waals surface area contributed by atoms with E-state index in [1.807, 2.05) is 0 Å². The minimum Gasteiger partial charge on any atom is -0.309 e. The van der Waals surface area contributed by atoms with Crippen LogP contribution in [0.2, 0.25) is 0 Å². The summed E-state index contributed by atoms with van der Waals surface area (Å²) >= 11 is 0. The molecule has 2 aromatic heterocycles. The van der Waals surface area contributed by atoms with E-state index >= 15 is 0 Å². The van der Waals surface area contributed by atoms with Gasteiger partial charge in [-0.2, -0.15) is 0 Å². The summed E-state index contributed by atoms with van der Waals surface area (Å²) in [6.07, 6.45) is 0. The Balaban J connectivity index is 0.821. The van der Waals surface area contributed by atoms with Crippen molar-refractivity contribution in [3.63, 3.8) is 0 Å². The van der Waals surface area contributed by atoms with Gasteiger partial charge >= 0.3 is 0 Å². The smallest absolute Gasteiger partial charge is 0.0547 e. The van der Waals surface area contributed by atoms with Crippen LogP contribution in [0.1, 0.15) is 0 Å². The molecule has 10 aromatic carbocycles. The molecular weight excluding hydrogens is 749 g/mol. The number of para-hydroxylation sites is 4. The number of aromatic nitrogens is 2. The van der Waals surface area contributed by atoms with Crippen LogP contribution in [0.25, 0.3) is 111 Å². The third-order valence-electron chi connectivity index (χ3n) is 12.5. The summed E-state index contributed by atoms with van der Waals surface area (Å²) in [5.74, 6) is 0. The van der Waals surface area contributed by atoms with Gasteiger partial charge in [-0.3, -0.25) is 0 Å². The number of nitrogens with zero attached hydrogens (tertiary/aromatic N) is 2. The Morgan fingerprint density at radius 1 is 0.177 bits per heavy atom. The molecule has 12 aromatic rings. The Morgan fingerprint density at radius 3 is 0.855 bits per heavy atom. The van der Waals surface area contributed by atoms with E-state index in [2.05, 4.69) is 252 Å². The van der Waals surface area contributed by atoms with Crippen LogP contribution in [0.4, 0.5) is 0 Å². The van der Waals surface area contributed by atoms with E-state index in [9.17, 15) is 0 Å². The fraction of sp³-hybridized carbons (Fsp3) is 0. The van der Waals surface area contributed by atoms with Gasteiger partial charge < -0.3 is 9.13 Å². The van der Waals surface area contributed by atoms with Crippen LogP contribution in [-0.4, -0.2) is 9.13 Å². The van der Waals surface area contributed by atoms with Gasteiger partial charge in [0.25, 0.3) is 0 Å². The Labute approximate surface area is 360 Å². The van der Waals surface area contributed by atoms with Crippen molar-refractivity contribution < 1.29 is 0 Å². The van der Waals surface area contributed by atoms with E-state index in [0.717, 1.165) is 0 Å². The Morgan fingerprint density at radius 2 is 0.468 bits per heavy atom. The van der Waals surface area contributed by atoms with Crippen molar-refractivity contribution in [1.82, 2.24) is 9.13 Å². The maximum Gasteiger partial charge on any atom is 0.0547 e. The van der Waals surface area contributed by atoms with E-state index in [1.54, 1.807) is 0 Å².